The van der Waals surface area contributed by atoms with Crippen LogP contribution in [0.2, 0.25) is 19.6 Å². The van der Waals surface area contributed by atoms with Gasteiger partial charge in [-0.1, -0.05) is 65.5 Å². The van der Waals surface area contributed by atoms with Crippen molar-refractivity contribution in [1.29, 1.82) is 0 Å². The maximum Gasteiger partial charge on any atom is 0.184 e. The molecule has 0 aromatic rings. The molecule has 4 rings (SSSR count). The maximum absolute atomic E-state index is 6.60. The molecule has 0 spiro atoms. The third kappa shape index (κ3) is 4.71. The van der Waals surface area contributed by atoms with Crippen LogP contribution in [0.3, 0.4) is 0 Å². The first-order chi connectivity index (χ1) is 14.9. The van der Waals surface area contributed by atoms with Gasteiger partial charge >= 0.3 is 0 Å². The minimum atomic E-state index is -1.44. The molecule has 0 aromatic carbocycles. The van der Waals surface area contributed by atoms with E-state index in [1.165, 1.54) is 70.6 Å². The molecule has 32 heavy (non-hydrogen) atoms. The molecular weight excluding hydrogens is 404 g/mol. The Labute approximate surface area is 201 Å². The van der Waals surface area contributed by atoms with Crippen LogP contribution in [0, 0.1) is 46.3 Å². The molecule has 8 unspecified atom stereocenters. The molecule has 3 saturated carbocycles. The third-order valence-electron chi connectivity index (χ3n) is 10.8. The number of fused-ring (bicyclic) bond motifs is 5. The number of hydrogen-bond acceptors (Lipinski definition) is 1. The molecule has 0 N–H and O–H groups in total. The predicted molar refractivity (Wildman–Crippen MR) is 141 cm³/mol. The van der Waals surface area contributed by atoms with Crippen molar-refractivity contribution in [3.05, 3.63) is 11.6 Å². The van der Waals surface area contributed by atoms with Gasteiger partial charge in [0.15, 0.2) is 8.32 Å². The van der Waals surface area contributed by atoms with Crippen LogP contribution in [0.1, 0.15) is 105 Å². The van der Waals surface area contributed by atoms with Gasteiger partial charge < -0.3 is 4.43 Å². The van der Waals surface area contributed by atoms with Crippen molar-refractivity contribution < 1.29 is 4.43 Å². The van der Waals surface area contributed by atoms with Crippen LogP contribution in [-0.4, -0.2) is 14.4 Å². The molecule has 0 aromatic heterocycles. The molecule has 0 radical (unpaired) electrons. The number of rotatable bonds is 7. The minimum Gasteiger partial charge on any atom is -0.415 e. The minimum absolute atomic E-state index is 0.533. The second kappa shape index (κ2) is 9.18. The van der Waals surface area contributed by atoms with Crippen LogP contribution >= 0.6 is 0 Å². The lowest BCUT2D eigenvalue weighted by molar-refractivity contribution is -0.0384. The Hall–Kier alpha value is -0.0831. The fourth-order valence-corrected chi connectivity index (χ4v) is 10.3. The van der Waals surface area contributed by atoms with Gasteiger partial charge in [-0.25, -0.2) is 0 Å². The van der Waals surface area contributed by atoms with Gasteiger partial charge in [-0.3, -0.25) is 0 Å². The average Bonchev–Trinajstić information content (AvgIpc) is 3.04. The van der Waals surface area contributed by atoms with Crippen molar-refractivity contribution in [2.24, 2.45) is 46.3 Å². The molecular formula is C30H54OSi. The Morgan fingerprint density at radius 1 is 0.938 bits per heavy atom. The van der Waals surface area contributed by atoms with Gasteiger partial charge in [-0.2, -0.15) is 0 Å². The number of hydrogen-bond donors (Lipinski definition) is 0. The summed E-state index contributed by atoms with van der Waals surface area (Å²) in [5.41, 5.74) is 3.03. The zero-order valence-corrected chi connectivity index (χ0v) is 23.8. The van der Waals surface area contributed by atoms with E-state index in [0.29, 0.717) is 16.9 Å². The summed E-state index contributed by atoms with van der Waals surface area (Å²) in [6.45, 7) is 19.8. The Bertz CT molecular complexity index is 689. The van der Waals surface area contributed by atoms with Crippen LogP contribution in [0.15, 0.2) is 11.6 Å². The molecule has 1 nitrogen and oxygen atoms in total. The molecule has 2 heteroatoms. The van der Waals surface area contributed by atoms with Gasteiger partial charge in [0.2, 0.25) is 0 Å². The van der Waals surface area contributed by atoms with Crippen LogP contribution < -0.4 is 0 Å². The van der Waals surface area contributed by atoms with Crippen LogP contribution in [-0.2, 0) is 4.43 Å². The molecule has 4 aliphatic carbocycles. The van der Waals surface area contributed by atoms with Crippen LogP contribution in [0.25, 0.3) is 0 Å². The fraction of sp³-hybridized carbons (Fsp3) is 0.933. The highest BCUT2D eigenvalue weighted by Crippen LogP contribution is 2.67. The predicted octanol–water partition coefficient (Wildman–Crippen LogP) is 9.25. The summed E-state index contributed by atoms with van der Waals surface area (Å²) in [5, 5.41) is 0. The van der Waals surface area contributed by atoms with Crippen molar-refractivity contribution in [3.8, 4) is 0 Å². The first-order valence-corrected chi connectivity index (χ1v) is 17.7. The van der Waals surface area contributed by atoms with E-state index in [1.54, 1.807) is 0 Å². The van der Waals surface area contributed by atoms with Gasteiger partial charge in [0.05, 0.1) is 0 Å². The lowest BCUT2D eigenvalue weighted by Gasteiger charge is -2.58. The normalized spacial score (nSPS) is 42.8. The molecule has 0 bridgehead atoms. The zero-order chi connectivity index (χ0) is 23.3. The summed E-state index contributed by atoms with van der Waals surface area (Å²) in [5.74, 6) is 5.31. The summed E-state index contributed by atoms with van der Waals surface area (Å²) >= 11 is 0. The Balaban J connectivity index is 1.46. The van der Waals surface area contributed by atoms with Crippen molar-refractivity contribution >= 4 is 8.32 Å². The number of allylic oxidation sites excluding steroid dienone is 2. The van der Waals surface area contributed by atoms with E-state index in [9.17, 15) is 0 Å². The molecule has 8 atom stereocenters. The Morgan fingerprint density at radius 2 is 1.62 bits per heavy atom. The molecule has 0 heterocycles. The standard InChI is InChI=1S/C30H54OSi/c1-21(2)10-9-11-22(3)26-14-15-27-25-13-12-23-20-24(31-32(6,7)8)16-18-29(23,4)28(25)17-19-30(26,27)5/h13,21-24,26-28H,9-12,14-20H2,1-8H3. The van der Waals surface area contributed by atoms with E-state index >= 15 is 0 Å². The molecule has 3 fully saturated rings. The van der Waals surface area contributed by atoms with Crippen molar-refractivity contribution in [1.82, 2.24) is 0 Å². The second-order valence-electron chi connectivity index (χ2n) is 14.4. The van der Waals surface area contributed by atoms with E-state index in [1.807, 2.05) is 5.57 Å². The largest absolute Gasteiger partial charge is 0.415 e. The Morgan fingerprint density at radius 3 is 2.31 bits per heavy atom. The summed E-state index contributed by atoms with van der Waals surface area (Å²) < 4.78 is 6.60. The van der Waals surface area contributed by atoms with E-state index in [4.69, 9.17) is 4.43 Å². The van der Waals surface area contributed by atoms with Crippen molar-refractivity contribution in [2.75, 3.05) is 0 Å². The first-order valence-electron chi connectivity index (χ1n) is 14.3. The summed E-state index contributed by atoms with van der Waals surface area (Å²) in [6, 6.07) is 0. The topological polar surface area (TPSA) is 9.23 Å². The quantitative estimate of drug-likeness (QED) is 0.273. The lowest BCUT2D eigenvalue weighted by atomic mass is 9.47. The van der Waals surface area contributed by atoms with E-state index < -0.39 is 8.32 Å². The smallest absolute Gasteiger partial charge is 0.184 e. The highest BCUT2D eigenvalue weighted by atomic mass is 28.4. The first kappa shape index (κ1) is 25.0. The monoisotopic (exact) mass is 458 g/mol. The van der Waals surface area contributed by atoms with Crippen LogP contribution in [0.5, 0.6) is 0 Å². The lowest BCUT2D eigenvalue weighted by Crippen LogP contribution is -2.50. The van der Waals surface area contributed by atoms with Gasteiger partial charge in [-0.05, 0) is 117 Å². The second-order valence-corrected chi connectivity index (χ2v) is 18.9. The van der Waals surface area contributed by atoms with Gasteiger partial charge in [0.1, 0.15) is 0 Å². The maximum atomic E-state index is 6.60. The molecule has 184 valence electrons. The molecule has 0 saturated heterocycles. The van der Waals surface area contributed by atoms with E-state index in [-0.39, 0.29) is 0 Å². The van der Waals surface area contributed by atoms with E-state index in [0.717, 1.165) is 35.5 Å². The van der Waals surface area contributed by atoms with Crippen molar-refractivity contribution in [3.63, 3.8) is 0 Å². The van der Waals surface area contributed by atoms with Gasteiger partial charge in [0, 0.05) is 6.10 Å². The zero-order valence-electron chi connectivity index (χ0n) is 22.8. The molecule has 4 aliphatic rings. The van der Waals surface area contributed by atoms with Crippen molar-refractivity contribution in [2.45, 2.75) is 131 Å². The highest BCUT2D eigenvalue weighted by Gasteiger charge is 2.58. The average molecular weight is 459 g/mol. The van der Waals surface area contributed by atoms with E-state index in [2.05, 4.69) is 60.3 Å². The van der Waals surface area contributed by atoms with Gasteiger partial charge in [0.25, 0.3) is 0 Å². The molecule has 0 amide bonds. The van der Waals surface area contributed by atoms with Gasteiger partial charge in [-0.15, -0.1) is 0 Å². The summed E-state index contributed by atoms with van der Waals surface area (Å²) in [7, 11) is -1.44. The summed E-state index contributed by atoms with van der Waals surface area (Å²) in [4.78, 5) is 0. The summed E-state index contributed by atoms with van der Waals surface area (Å²) in [6.07, 6.45) is 18.9. The fourth-order valence-electron chi connectivity index (χ4n) is 9.10. The third-order valence-corrected chi connectivity index (χ3v) is 11.8. The SMILES string of the molecule is CC(C)CCCC(C)C1CCC2C3=CCC4CC(O[Si](C)(C)C)CCC4(C)C3CCC21C. The van der Waals surface area contributed by atoms with Crippen LogP contribution in [0.4, 0.5) is 0 Å². The molecule has 0 aliphatic heterocycles. The Kier molecular flexibility index (Phi) is 7.17. The highest BCUT2D eigenvalue weighted by molar-refractivity contribution is 6.69.